The summed E-state index contributed by atoms with van der Waals surface area (Å²) in [5, 5.41) is 0. The number of ether oxygens (including phenoxy) is 15. The lowest BCUT2D eigenvalue weighted by atomic mass is 9.98. The van der Waals surface area contributed by atoms with Gasteiger partial charge in [0.25, 0.3) is 0 Å². The Labute approximate surface area is 493 Å². The molecule has 0 N–H and O–H groups in total. The molecule has 0 aliphatic carbocycles. The standard InChI is InChI=1S/C54H82O30Si/c1-14-15-16-17-18-19-20-21-22-23-24-85(82-52-49(76-37(11)64)46(73-34(8)61)43(70-31(5)58)40(79-52)25-67-28(2)55,83-53-50(77-38(12)65)47(74-35(9)62)44(71-32(6)59)41(80-53)26-68-29(3)56)84-54-51(78-39(13)66)48(75-36(10)63)45(72-33(7)60)42(81-54)27-69-30(4)57/h40-54H,14-27H2,1-13H3/t40-,41-,42-,43-,44-,45-,46+,47+,48+,49-,50-,51-,52+,53+,54+/m1/s1. The molecule has 0 aromatic carbocycles. The van der Waals surface area contributed by atoms with Gasteiger partial charge in [0.05, 0.1) is 0 Å². The van der Waals surface area contributed by atoms with Gasteiger partial charge in [-0.05, 0) is 6.42 Å². The molecule has 30 nitrogen and oxygen atoms in total. The van der Waals surface area contributed by atoms with Crippen molar-refractivity contribution in [3.05, 3.63) is 0 Å². The number of hydrogen-bond acceptors (Lipinski definition) is 30. The molecule has 85 heavy (non-hydrogen) atoms. The van der Waals surface area contributed by atoms with Gasteiger partial charge >= 0.3 is 80.4 Å². The van der Waals surface area contributed by atoms with Gasteiger partial charge in [-0.3, -0.25) is 57.5 Å². The Kier molecular flexibility index (Phi) is 30.8. The average molecular weight is 1240 g/mol. The van der Waals surface area contributed by atoms with Gasteiger partial charge < -0.3 is 84.3 Å². The molecule has 0 amide bonds. The summed E-state index contributed by atoms with van der Waals surface area (Å²) in [7, 11) is -5.54. The highest BCUT2D eigenvalue weighted by molar-refractivity contribution is 6.60. The maximum Gasteiger partial charge on any atom is 0.507 e. The van der Waals surface area contributed by atoms with E-state index in [-0.39, 0.29) is 6.42 Å². The van der Waals surface area contributed by atoms with E-state index >= 15 is 0 Å². The fourth-order valence-corrected chi connectivity index (χ4v) is 12.3. The number of rotatable bonds is 32. The highest BCUT2D eigenvalue weighted by Gasteiger charge is 2.63. The lowest BCUT2D eigenvalue weighted by Gasteiger charge is -2.50. The number of carbonyl (C=O) groups excluding carboxylic acids is 12. The summed E-state index contributed by atoms with van der Waals surface area (Å²) in [6.07, 6.45) is -21.1. The maximum absolute atomic E-state index is 13.3. The summed E-state index contributed by atoms with van der Waals surface area (Å²) in [4.78, 5) is 155. The minimum Gasteiger partial charge on any atom is -0.463 e. The fourth-order valence-electron chi connectivity index (χ4n) is 9.47. The van der Waals surface area contributed by atoms with Crippen LogP contribution in [0.3, 0.4) is 0 Å². The minimum absolute atomic E-state index is 0.0177. The van der Waals surface area contributed by atoms with E-state index in [1.54, 1.807) is 0 Å². The summed E-state index contributed by atoms with van der Waals surface area (Å²) in [6, 6.07) is -0.490. The monoisotopic (exact) mass is 1240 g/mol. The van der Waals surface area contributed by atoms with Gasteiger partial charge in [-0.2, -0.15) is 0 Å². The Morgan fingerprint density at radius 3 is 0.718 bits per heavy atom. The molecule has 0 unspecified atom stereocenters. The van der Waals surface area contributed by atoms with Crippen LogP contribution in [0.25, 0.3) is 0 Å². The molecule has 482 valence electrons. The van der Waals surface area contributed by atoms with Crippen molar-refractivity contribution >= 4 is 80.4 Å². The van der Waals surface area contributed by atoms with Crippen molar-refractivity contribution in [1.82, 2.24) is 0 Å². The first-order valence-electron chi connectivity index (χ1n) is 27.9. The van der Waals surface area contributed by atoms with Crippen LogP contribution in [0, 0.1) is 0 Å². The Morgan fingerprint density at radius 2 is 0.494 bits per heavy atom. The number of esters is 12. The van der Waals surface area contributed by atoms with Crippen molar-refractivity contribution in [1.29, 1.82) is 0 Å². The van der Waals surface area contributed by atoms with Crippen molar-refractivity contribution < 1.29 is 142 Å². The van der Waals surface area contributed by atoms with Crippen LogP contribution in [0.5, 0.6) is 0 Å². The molecule has 0 saturated carbocycles. The molecule has 3 rings (SSSR count). The van der Waals surface area contributed by atoms with Gasteiger partial charge in [-0.1, -0.05) is 64.7 Å². The van der Waals surface area contributed by atoms with Crippen molar-refractivity contribution in [2.45, 2.75) is 252 Å². The molecule has 0 aromatic rings. The molecular formula is C54H82O30Si. The van der Waals surface area contributed by atoms with Crippen molar-refractivity contribution in [2.24, 2.45) is 0 Å². The maximum atomic E-state index is 13.3. The molecule has 3 aliphatic heterocycles. The van der Waals surface area contributed by atoms with Crippen LogP contribution in [-0.2, 0) is 142 Å². The molecule has 3 saturated heterocycles. The number of carbonyl (C=O) groups is 12. The van der Waals surface area contributed by atoms with Crippen LogP contribution in [0.15, 0.2) is 0 Å². The highest BCUT2D eigenvalue weighted by atomic mass is 28.4. The molecule has 3 fully saturated rings. The van der Waals surface area contributed by atoms with Gasteiger partial charge in [-0.25, -0.2) is 0 Å². The molecule has 3 heterocycles. The molecular weight excluding hydrogens is 1160 g/mol. The predicted octanol–water partition coefficient (Wildman–Crippen LogP) is 3.15. The Balaban J connectivity index is 2.63. The van der Waals surface area contributed by atoms with Gasteiger partial charge in [0.2, 0.25) is 0 Å². The Morgan fingerprint density at radius 1 is 0.282 bits per heavy atom. The van der Waals surface area contributed by atoms with Gasteiger partial charge in [0.1, 0.15) is 38.1 Å². The van der Waals surface area contributed by atoms with E-state index in [0.29, 0.717) is 12.8 Å². The van der Waals surface area contributed by atoms with Crippen LogP contribution in [0.4, 0.5) is 0 Å². The summed E-state index contributed by atoms with van der Waals surface area (Å²) in [6.45, 7) is 11.6. The highest BCUT2D eigenvalue weighted by Crippen LogP contribution is 2.40. The molecule has 31 heteroatoms. The lowest BCUT2D eigenvalue weighted by molar-refractivity contribution is -0.329. The third kappa shape index (κ3) is 25.2. The van der Waals surface area contributed by atoms with E-state index in [1.807, 2.05) is 0 Å². The number of unbranched alkanes of at least 4 members (excludes halogenated alkanes) is 9. The smallest absolute Gasteiger partial charge is 0.463 e. The predicted molar refractivity (Wildman–Crippen MR) is 282 cm³/mol. The fraction of sp³-hybridized carbons (Fsp3) is 0.778. The van der Waals surface area contributed by atoms with Gasteiger partial charge in [-0.15, -0.1) is 0 Å². The number of hydrogen-bond donors (Lipinski definition) is 0. The zero-order chi connectivity index (χ0) is 63.7. The normalized spacial score (nSPS) is 27.3. The first-order chi connectivity index (χ1) is 39.9. The van der Waals surface area contributed by atoms with Crippen LogP contribution < -0.4 is 0 Å². The zero-order valence-electron chi connectivity index (χ0n) is 50.3. The first kappa shape index (κ1) is 72.9. The molecule has 0 bridgehead atoms. The summed E-state index contributed by atoms with van der Waals surface area (Å²) >= 11 is 0. The minimum atomic E-state index is -5.54. The van der Waals surface area contributed by atoms with Gasteiger partial charge in [0, 0.05) is 89.1 Å². The van der Waals surface area contributed by atoms with Crippen molar-refractivity contribution in [2.75, 3.05) is 19.8 Å². The second kappa shape index (κ2) is 35.9. The first-order valence-corrected chi connectivity index (χ1v) is 29.8. The largest absolute Gasteiger partial charge is 0.507 e. The summed E-state index contributed by atoms with van der Waals surface area (Å²) < 4.78 is 108. The second-order valence-corrected chi connectivity index (χ2v) is 22.7. The molecule has 0 spiro atoms. The van der Waals surface area contributed by atoms with E-state index < -0.39 is 198 Å². The van der Waals surface area contributed by atoms with E-state index in [1.165, 1.54) is 0 Å². The second-order valence-electron chi connectivity index (χ2n) is 20.2. The zero-order valence-corrected chi connectivity index (χ0v) is 51.3. The third-order valence-corrected chi connectivity index (χ3v) is 15.3. The van der Waals surface area contributed by atoms with E-state index in [4.69, 9.17) is 84.3 Å². The van der Waals surface area contributed by atoms with E-state index in [0.717, 1.165) is 128 Å². The lowest BCUT2D eigenvalue weighted by Crippen LogP contribution is -2.70. The molecule has 0 radical (unpaired) electrons. The van der Waals surface area contributed by atoms with Crippen LogP contribution in [0.2, 0.25) is 6.04 Å². The average Bonchev–Trinajstić information content (AvgIpc) is 2.64. The SMILES string of the molecule is CCCCCCCCCCCC[Si](O[C@@H]1O[C@H](COC(C)=O)[C@@H](OC(C)=O)[C@H](OC(C)=O)[C@H]1OC(C)=O)(O[C@@H]1O[C@H](COC(C)=O)[C@@H](OC(C)=O)[C@H](OC(C)=O)[C@H]1OC(C)=O)O[C@@H]1O[C@H](COC(C)=O)[C@@H](OC(C)=O)[C@H](OC(C)=O)[C@H]1OC(C)=O. The van der Waals surface area contributed by atoms with Crippen molar-refractivity contribution in [3.8, 4) is 0 Å². The molecule has 0 aromatic heterocycles. The topological polar surface area (TPSA) is 371 Å². The van der Waals surface area contributed by atoms with Crippen LogP contribution in [-0.4, -0.2) is 192 Å². The Hall–Kier alpha value is -6.38. The summed E-state index contributed by atoms with van der Waals surface area (Å²) in [5.74, 6) is -11.9. The quantitative estimate of drug-likeness (QED) is 0.0404. The van der Waals surface area contributed by atoms with Crippen molar-refractivity contribution in [3.63, 3.8) is 0 Å². The van der Waals surface area contributed by atoms with Gasteiger partial charge in [0.15, 0.2) is 73.8 Å². The Bertz CT molecular complexity index is 2070. The molecule has 3 aliphatic rings. The van der Waals surface area contributed by atoms with E-state index in [9.17, 15) is 57.5 Å². The summed E-state index contributed by atoms with van der Waals surface area (Å²) in [5.41, 5.74) is 0. The van der Waals surface area contributed by atoms with Crippen LogP contribution in [0.1, 0.15) is 154 Å². The third-order valence-electron chi connectivity index (χ3n) is 12.6. The molecule has 15 atom stereocenters. The van der Waals surface area contributed by atoms with Crippen LogP contribution >= 0.6 is 0 Å². The van der Waals surface area contributed by atoms with E-state index in [2.05, 4.69) is 6.92 Å².